The highest BCUT2D eigenvalue weighted by Gasteiger charge is 2.31. The minimum Gasteiger partial charge on any atom is -0.497 e. The average molecular weight is 407 g/mol. The molecule has 1 atom stereocenters. The Hall–Kier alpha value is -3.27. The van der Waals surface area contributed by atoms with Crippen LogP contribution in [0.2, 0.25) is 0 Å². The molecule has 0 amide bonds. The minimum atomic E-state index is -4.74. The minimum absolute atomic E-state index is 0.225. The molecule has 3 rings (SSSR count). The van der Waals surface area contributed by atoms with Crippen molar-refractivity contribution < 1.29 is 22.6 Å². The van der Waals surface area contributed by atoms with Crippen LogP contribution in [-0.2, 0) is 0 Å². The van der Waals surface area contributed by atoms with E-state index in [1.807, 2.05) is 19.1 Å². The summed E-state index contributed by atoms with van der Waals surface area (Å²) < 4.78 is 45.9. The highest BCUT2D eigenvalue weighted by atomic mass is 19.4. The largest absolute Gasteiger partial charge is 0.573 e. The van der Waals surface area contributed by atoms with Crippen LogP contribution in [-0.4, -0.2) is 31.1 Å². The lowest BCUT2D eigenvalue weighted by Gasteiger charge is -2.31. The van der Waals surface area contributed by atoms with Crippen molar-refractivity contribution in [2.24, 2.45) is 15.7 Å². The number of anilines is 1. The highest BCUT2D eigenvalue weighted by molar-refractivity contribution is 6.10. The summed E-state index contributed by atoms with van der Waals surface area (Å²) in [5, 5.41) is 6.06. The number of nitrogens with zero attached hydrogens (tertiary/aromatic N) is 2. The molecule has 0 saturated heterocycles. The Balaban J connectivity index is 1.83. The molecule has 29 heavy (non-hydrogen) atoms. The maximum Gasteiger partial charge on any atom is 0.573 e. The lowest BCUT2D eigenvalue weighted by Crippen LogP contribution is -2.57. The van der Waals surface area contributed by atoms with Crippen LogP contribution < -0.4 is 25.8 Å². The third-order valence-electron chi connectivity index (χ3n) is 4.10. The molecule has 10 heteroatoms. The number of nitrogens with one attached hydrogen (secondary N) is 2. The number of benzene rings is 2. The molecule has 1 aliphatic rings. The molecule has 2 aromatic rings. The van der Waals surface area contributed by atoms with Gasteiger partial charge in [0, 0.05) is 17.7 Å². The molecular formula is C19H20F3N5O2. The van der Waals surface area contributed by atoms with E-state index in [-0.39, 0.29) is 11.7 Å². The van der Waals surface area contributed by atoms with Crippen LogP contribution in [0, 0.1) is 0 Å². The Morgan fingerprint density at radius 1 is 1.07 bits per heavy atom. The molecule has 0 aromatic heterocycles. The van der Waals surface area contributed by atoms with Gasteiger partial charge in [-0.05, 0) is 48.5 Å². The van der Waals surface area contributed by atoms with Gasteiger partial charge in [0.2, 0.25) is 5.96 Å². The first-order valence-electron chi connectivity index (χ1n) is 8.72. The van der Waals surface area contributed by atoms with E-state index in [0.717, 1.165) is 5.56 Å². The topological polar surface area (TPSA) is 93.3 Å². The second-order valence-electron chi connectivity index (χ2n) is 6.22. The van der Waals surface area contributed by atoms with Gasteiger partial charge in [0.25, 0.3) is 0 Å². The van der Waals surface area contributed by atoms with Crippen LogP contribution in [0.15, 0.2) is 58.5 Å². The normalized spacial score (nSPS) is 19.0. The molecule has 7 nitrogen and oxygen atoms in total. The SMILES string of the molecule is CCC1(N)N=C(Nc2ccc(OC(F)(F)F)cc2)N=C(c2ccc(OC)cc2)N1. The standard InChI is InChI=1S/C19H20F3N5O2/c1-3-18(23)26-16(12-4-8-14(28-2)9-5-12)25-17(27-18)24-13-6-10-15(11-7-13)29-19(20,21)22/h4-11H,3,23H2,1-2H3,(H2,24,25,26,27). The summed E-state index contributed by atoms with van der Waals surface area (Å²) in [5.41, 5.74) is 7.55. The zero-order chi connectivity index (χ0) is 21.1. The molecule has 4 N–H and O–H groups in total. The fourth-order valence-corrected chi connectivity index (χ4v) is 2.56. The first-order valence-corrected chi connectivity index (χ1v) is 8.72. The molecule has 1 aliphatic heterocycles. The van der Waals surface area contributed by atoms with Crippen molar-refractivity contribution >= 4 is 17.5 Å². The fraction of sp³-hybridized carbons (Fsp3) is 0.263. The number of hydrogen-bond acceptors (Lipinski definition) is 7. The Bertz CT molecular complexity index is 911. The number of guanidine groups is 1. The van der Waals surface area contributed by atoms with E-state index in [1.165, 1.54) is 24.3 Å². The van der Waals surface area contributed by atoms with Gasteiger partial charge in [0.1, 0.15) is 17.3 Å². The van der Waals surface area contributed by atoms with E-state index < -0.39 is 12.1 Å². The number of aliphatic imine (C=N–C) groups is 2. The van der Waals surface area contributed by atoms with E-state index in [9.17, 15) is 13.2 Å². The number of rotatable bonds is 5. The molecule has 0 fully saturated rings. The third kappa shape index (κ3) is 5.38. The third-order valence-corrected chi connectivity index (χ3v) is 4.10. The molecule has 0 aliphatic carbocycles. The molecular weight excluding hydrogens is 387 g/mol. The summed E-state index contributed by atoms with van der Waals surface area (Å²) in [4.78, 5) is 8.81. The molecule has 1 heterocycles. The summed E-state index contributed by atoms with van der Waals surface area (Å²) in [6, 6.07) is 12.5. The van der Waals surface area contributed by atoms with E-state index in [0.29, 0.717) is 23.7 Å². The summed E-state index contributed by atoms with van der Waals surface area (Å²) in [6.45, 7) is 1.87. The quantitative estimate of drug-likeness (QED) is 0.706. The number of hydrogen-bond donors (Lipinski definition) is 3. The number of ether oxygens (including phenoxy) is 2. The van der Waals surface area contributed by atoms with Crippen molar-refractivity contribution in [3.05, 3.63) is 54.1 Å². The monoisotopic (exact) mass is 407 g/mol. The summed E-state index contributed by atoms with van der Waals surface area (Å²) in [7, 11) is 1.58. The van der Waals surface area contributed by atoms with E-state index in [1.54, 1.807) is 19.2 Å². The van der Waals surface area contributed by atoms with Crippen molar-refractivity contribution in [3.63, 3.8) is 0 Å². The highest BCUT2D eigenvalue weighted by Crippen LogP contribution is 2.24. The summed E-state index contributed by atoms with van der Waals surface area (Å²) in [6.07, 6.45) is -4.27. The van der Waals surface area contributed by atoms with Crippen LogP contribution in [0.4, 0.5) is 18.9 Å². The van der Waals surface area contributed by atoms with Gasteiger partial charge in [-0.3, -0.25) is 5.73 Å². The molecule has 0 saturated carbocycles. The van der Waals surface area contributed by atoms with Gasteiger partial charge < -0.3 is 20.1 Å². The zero-order valence-corrected chi connectivity index (χ0v) is 15.7. The van der Waals surface area contributed by atoms with Gasteiger partial charge in [0.05, 0.1) is 7.11 Å². The maximum absolute atomic E-state index is 12.3. The summed E-state index contributed by atoms with van der Waals surface area (Å²) in [5.74, 6) is 0.0285. The molecule has 2 aromatic carbocycles. The first kappa shape index (κ1) is 20.5. The summed E-state index contributed by atoms with van der Waals surface area (Å²) >= 11 is 0. The van der Waals surface area contributed by atoms with Crippen molar-refractivity contribution in [1.82, 2.24) is 5.32 Å². The second-order valence-corrected chi connectivity index (χ2v) is 6.22. The Labute approximate surface area is 165 Å². The average Bonchev–Trinajstić information content (AvgIpc) is 2.68. The van der Waals surface area contributed by atoms with Crippen molar-refractivity contribution in [3.8, 4) is 11.5 Å². The van der Waals surface area contributed by atoms with Crippen LogP contribution in [0.25, 0.3) is 0 Å². The molecule has 0 radical (unpaired) electrons. The van der Waals surface area contributed by atoms with Crippen molar-refractivity contribution in [2.45, 2.75) is 25.5 Å². The van der Waals surface area contributed by atoms with Gasteiger partial charge in [-0.2, -0.15) is 4.99 Å². The zero-order valence-electron chi connectivity index (χ0n) is 15.7. The van der Waals surface area contributed by atoms with Gasteiger partial charge >= 0.3 is 6.36 Å². The maximum atomic E-state index is 12.3. The van der Waals surface area contributed by atoms with Gasteiger partial charge in [-0.15, -0.1) is 13.2 Å². The molecule has 154 valence electrons. The van der Waals surface area contributed by atoms with Gasteiger partial charge in [-0.1, -0.05) is 6.92 Å². The fourth-order valence-electron chi connectivity index (χ4n) is 2.56. The predicted octanol–water partition coefficient (Wildman–Crippen LogP) is 3.43. The van der Waals surface area contributed by atoms with Crippen LogP contribution in [0.1, 0.15) is 18.9 Å². The van der Waals surface area contributed by atoms with Gasteiger partial charge in [-0.25, -0.2) is 4.99 Å². The molecule has 1 unspecified atom stereocenters. The van der Waals surface area contributed by atoms with Crippen molar-refractivity contribution in [2.75, 3.05) is 12.4 Å². The number of alkyl halides is 3. The first-order chi connectivity index (χ1) is 13.7. The lowest BCUT2D eigenvalue weighted by atomic mass is 10.1. The predicted molar refractivity (Wildman–Crippen MR) is 104 cm³/mol. The number of nitrogens with two attached hydrogens (primary N) is 1. The van der Waals surface area contributed by atoms with Crippen LogP contribution >= 0.6 is 0 Å². The van der Waals surface area contributed by atoms with Crippen LogP contribution in [0.3, 0.4) is 0 Å². The van der Waals surface area contributed by atoms with E-state index in [4.69, 9.17) is 10.5 Å². The van der Waals surface area contributed by atoms with Gasteiger partial charge in [0.15, 0.2) is 5.79 Å². The lowest BCUT2D eigenvalue weighted by molar-refractivity contribution is -0.274. The van der Waals surface area contributed by atoms with E-state index in [2.05, 4.69) is 25.4 Å². The number of methoxy groups -OCH3 is 1. The van der Waals surface area contributed by atoms with E-state index >= 15 is 0 Å². The number of amidine groups is 1. The Kier molecular flexibility index (Phi) is 5.64. The number of halogens is 3. The smallest absolute Gasteiger partial charge is 0.497 e. The molecule has 0 bridgehead atoms. The van der Waals surface area contributed by atoms with Crippen LogP contribution in [0.5, 0.6) is 11.5 Å². The Morgan fingerprint density at radius 2 is 1.69 bits per heavy atom. The molecule has 0 spiro atoms. The second kappa shape index (κ2) is 8.00. The van der Waals surface area contributed by atoms with Crippen molar-refractivity contribution in [1.29, 1.82) is 0 Å². The Morgan fingerprint density at radius 3 is 2.24 bits per heavy atom.